The summed E-state index contributed by atoms with van der Waals surface area (Å²) in [5, 5.41) is 16.8. The number of nitrogens with zero attached hydrogens (tertiary/aromatic N) is 1. The number of anilines is 1. The van der Waals surface area contributed by atoms with Crippen molar-refractivity contribution < 1.29 is 27.6 Å². The van der Waals surface area contributed by atoms with E-state index in [1.807, 2.05) is 12.1 Å². The van der Waals surface area contributed by atoms with E-state index in [4.69, 9.17) is 9.47 Å². The van der Waals surface area contributed by atoms with Crippen molar-refractivity contribution in [3.63, 3.8) is 0 Å². The summed E-state index contributed by atoms with van der Waals surface area (Å²) in [6.07, 6.45) is 1.76. The van der Waals surface area contributed by atoms with E-state index in [1.165, 1.54) is 12.1 Å². The van der Waals surface area contributed by atoms with Crippen LogP contribution >= 0.6 is 0 Å². The van der Waals surface area contributed by atoms with Crippen molar-refractivity contribution in [3.05, 3.63) is 52.1 Å². The average Bonchev–Trinajstić information content (AvgIpc) is 2.74. The first-order valence-electron chi connectivity index (χ1n) is 9.35. The fourth-order valence-electron chi connectivity index (χ4n) is 2.82. The van der Waals surface area contributed by atoms with Crippen LogP contribution in [0.25, 0.3) is 0 Å². The van der Waals surface area contributed by atoms with E-state index in [0.29, 0.717) is 17.9 Å². The minimum atomic E-state index is -3.55. The van der Waals surface area contributed by atoms with E-state index in [0.717, 1.165) is 17.9 Å². The molecule has 0 fully saturated rings. The molecule has 0 aliphatic rings. The van der Waals surface area contributed by atoms with Gasteiger partial charge in [-0.3, -0.25) is 14.9 Å². The number of aryl methyl sites for hydroxylation is 1. The molecule has 0 heterocycles. The minimum Gasteiger partial charge on any atom is -0.493 e. The summed E-state index contributed by atoms with van der Waals surface area (Å²) in [7, 11) is -0.462. The Bertz CT molecular complexity index is 1050. The number of hydrogen-bond acceptors (Lipinski definition) is 8. The monoisotopic (exact) mass is 451 g/mol. The third-order valence-corrected chi connectivity index (χ3v) is 5.56. The van der Waals surface area contributed by atoms with Gasteiger partial charge < -0.3 is 20.1 Å². The molecule has 2 aromatic rings. The number of nitrogens with one attached hydrogen (secondary N) is 2. The largest absolute Gasteiger partial charge is 0.493 e. The lowest BCUT2D eigenvalue weighted by atomic mass is 10.1. The second kappa shape index (κ2) is 10.6. The fraction of sp³-hybridized carbons (Fsp3) is 0.350. The predicted octanol–water partition coefficient (Wildman–Crippen LogP) is 2.18. The van der Waals surface area contributed by atoms with Gasteiger partial charge in [-0.25, -0.2) is 8.42 Å². The standard InChI is InChI=1S/C20H25N3O7S/c1-29-18-8-4-14(12-19(18)30-2)5-9-20(24)22-11-10-21-16-7-6-15(31(3,27)28)13-17(16)23(25)26/h4,6-8,12-13,21H,5,9-11H2,1-3H3,(H,22,24). The molecule has 0 spiro atoms. The molecule has 0 unspecified atom stereocenters. The average molecular weight is 452 g/mol. The first-order valence-corrected chi connectivity index (χ1v) is 11.2. The number of ether oxygens (including phenoxy) is 2. The summed E-state index contributed by atoms with van der Waals surface area (Å²) in [5.74, 6) is 1.03. The molecular formula is C20H25N3O7S. The number of benzene rings is 2. The van der Waals surface area contributed by atoms with E-state index >= 15 is 0 Å². The molecule has 11 heteroatoms. The minimum absolute atomic E-state index is 0.131. The fourth-order valence-corrected chi connectivity index (χ4v) is 3.47. The van der Waals surface area contributed by atoms with Gasteiger partial charge in [0.25, 0.3) is 5.69 Å². The zero-order chi connectivity index (χ0) is 23.0. The van der Waals surface area contributed by atoms with Gasteiger partial charge >= 0.3 is 0 Å². The van der Waals surface area contributed by atoms with E-state index in [-0.39, 0.29) is 41.7 Å². The Balaban J connectivity index is 1.85. The molecule has 1 amide bonds. The van der Waals surface area contributed by atoms with Crippen molar-refractivity contribution in [1.82, 2.24) is 5.32 Å². The summed E-state index contributed by atoms with van der Waals surface area (Å²) < 4.78 is 33.6. The number of nitro groups is 1. The van der Waals surface area contributed by atoms with Crippen molar-refractivity contribution in [2.75, 3.05) is 38.9 Å². The predicted molar refractivity (Wildman–Crippen MR) is 116 cm³/mol. The molecule has 2 rings (SSSR count). The highest BCUT2D eigenvalue weighted by Crippen LogP contribution is 2.28. The molecule has 0 saturated carbocycles. The highest BCUT2D eigenvalue weighted by Gasteiger charge is 2.18. The van der Waals surface area contributed by atoms with Crippen molar-refractivity contribution in [3.8, 4) is 11.5 Å². The Labute approximate surface area is 180 Å². The van der Waals surface area contributed by atoms with Crippen LogP contribution in [0.15, 0.2) is 41.3 Å². The molecule has 0 radical (unpaired) electrons. The normalized spacial score (nSPS) is 10.9. The summed E-state index contributed by atoms with van der Waals surface area (Å²) in [6.45, 7) is 0.483. The lowest BCUT2D eigenvalue weighted by Gasteiger charge is -2.11. The Hall–Kier alpha value is -3.34. The van der Waals surface area contributed by atoms with Crippen LogP contribution in [-0.4, -0.2) is 52.8 Å². The third kappa shape index (κ3) is 6.85. The highest BCUT2D eigenvalue weighted by molar-refractivity contribution is 7.90. The molecule has 168 valence electrons. The third-order valence-electron chi connectivity index (χ3n) is 4.45. The molecule has 0 atom stereocenters. The molecular weight excluding hydrogens is 426 g/mol. The molecule has 0 aromatic heterocycles. The van der Waals surface area contributed by atoms with Gasteiger partial charge in [0.05, 0.1) is 24.0 Å². The van der Waals surface area contributed by atoms with Crippen molar-refractivity contribution in [2.24, 2.45) is 0 Å². The van der Waals surface area contributed by atoms with E-state index < -0.39 is 14.8 Å². The van der Waals surface area contributed by atoms with Gasteiger partial charge in [0.2, 0.25) is 5.91 Å². The van der Waals surface area contributed by atoms with Crippen LogP contribution in [-0.2, 0) is 21.1 Å². The zero-order valence-electron chi connectivity index (χ0n) is 17.5. The molecule has 10 nitrogen and oxygen atoms in total. The Morgan fingerprint density at radius 2 is 1.77 bits per heavy atom. The lowest BCUT2D eigenvalue weighted by Crippen LogP contribution is -2.29. The van der Waals surface area contributed by atoms with Crippen LogP contribution < -0.4 is 20.1 Å². The quantitative estimate of drug-likeness (QED) is 0.301. The summed E-state index contributed by atoms with van der Waals surface area (Å²) in [4.78, 5) is 22.5. The van der Waals surface area contributed by atoms with Gasteiger partial charge in [0, 0.05) is 31.8 Å². The number of carbonyl (C=O) groups is 1. The Morgan fingerprint density at radius 1 is 1.06 bits per heavy atom. The SMILES string of the molecule is COc1ccc(CCC(=O)NCCNc2ccc(S(C)(=O)=O)cc2[N+](=O)[O-])cc1OC. The Morgan fingerprint density at radius 3 is 2.39 bits per heavy atom. The first kappa shape index (κ1) is 23.9. The number of sulfone groups is 1. The molecule has 31 heavy (non-hydrogen) atoms. The summed E-state index contributed by atoms with van der Waals surface area (Å²) in [6, 6.07) is 9.10. The second-order valence-corrected chi connectivity index (χ2v) is 8.69. The zero-order valence-corrected chi connectivity index (χ0v) is 18.3. The lowest BCUT2D eigenvalue weighted by molar-refractivity contribution is -0.384. The van der Waals surface area contributed by atoms with Crippen LogP contribution in [0.4, 0.5) is 11.4 Å². The van der Waals surface area contributed by atoms with Gasteiger partial charge in [-0.2, -0.15) is 0 Å². The van der Waals surface area contributed by atoms with Gasteiger partial charge in [-0.1, -0.05) is 6.07 Å². The molecule has 2 aromatic carbocycles. The second-order valence-electron chi connectivity index (χ2n) is 6.67. The van der Waals surface area contributed by atoms with E-state index in [2.05, 4.69) is 10.6 Å². The number of carbonyl (C=O) groups excluding carboxylic acids is 1. The maximum atomic E-state index is 12.1. The summed E-state index contributed by atoms with van der Waals surface area (Å²) in [5.41, 5.74) is 0.757. The maximum Gasteiger partial charge on any atom is 0.293 e. The topological polar surface area (TPSA) is 137 Å². The van der Waals surface area contributed by atoms with Crippen LogP contribution in [0.3, 0.4) is 0 Å². The van der Waals surface area contributed by atoms with Gasteiger partial charge in [-0.15, -0.1) is 0 Å². The van der Waals surface area contributed by atoms with E-state index in [1.54, 1.807) is 20.3 Å². The van der Waals surface area contributed by atoms with Gasteiger partial charge in [0.15, 0.2) is 21.3 Å². The van der Waals surface area contributed by atoms with E-state index in [9.17, 15) is 23.3 Å². The van der Waals surface area contributed by atoms with Crippen LogP contribution in [0.5, 0.6) is 11.5 Å². The highest BCUT2D eigenvalue weighted by atomic mass is 32.2. The number of nitro benzene ring substituents is 1. The van der Waals surface area contributed by atoms with Crippen LogP contribution in [0, 0.1) is 10.1 Å². The number of amides is 1. The molecule has 0 aliphatic carbocycles. The number of hydrogen-bond donors (Lipinski definition) is 2. The van der Waals surface area contributed by atoms with Crippen molar-refractivity contribution in [2.45, 2.75) is 17.7 Å². The van der Waals surface area contributed by atoms with Crippen molar-refractivity contribution in [1.29, 1.82) is 0 Å². The first-order chi connectivity index (χ1) is 14.7. The maximum absolute atomic E-state index is 12.1. The molecule has 0 aliphatic heterocycles. The number of methoxy groups -OCH3 is 2. The van der Waals surface area contributed by atoms with Crippen molar-refractivity contribution >= 4 is 27.1 Å². The Kier molecular flexibility index (Phi) is 8.20. The molecule has 0 bridgehead atoms. The van der Waals surface area contributed by atoms with Gasteiger partial charge in [-0.05, 0) is 36.2 Å². The van der Waals surface area contributed by atoms with Gasteiger partial charge in [0.1, 0.15) is 5.69 Å². The number of rotatable bonds is 11. The summed E-state index contributed by atoms with van der Waals surface area (Å²) >= 11 is 0. The molecule has 2 N–H and O–H groups in total. The molecule has 0 saturated heterocycles. The smallest absolute Gasteiger partial charge is 0.293 e. The van der Waals surface area contributed by atoms with Crippen LogP contribution in [0.1, 0.15) is 12.0 Å². The van der Waals surface area contributed by atoms with Crippen LogP contribution in [0.2, 0.25) is 0 Å².